The lowest BCUT2D eigenvalue weighted by atomic mass is 10.0. The van der Waals surface area contributed by atoms with Gasteiger partial charge in [0.1, 0.15) is 12.4 Å². The topological polar surface area (TPSA) is 51.2 Å². The fraction of sp³-hybridized carbons (Fsp3) is 0.158. The maximum atomic E-state index is 12.6. The first kappa shape index (κ1) is 13.8. The van der Waals surface area contributed by atoms with Crippen LogP contribution in [0.15, 0.2) is 54.7 Å². The highest BCUT2D eigenvalue weighted by molar-refractivity contribution is 5.98. The van der Waals surface area contributed by atoms with Gasteiger partial charge in [-0.2, -0.15) is 0 Å². The van der Waals surface area contributed by atoms with Crippen LogP contribution in [0.25, 0.3) is 10.9 Å². The van der Waals surface area contributed by atoms with Crippen molar-refractivity contribution in [1.82, 2.24) is 10.3 Å². The molecule has 2 heterocycles. The van der Waals surface area contributed by atoms with Crippen LogP contribution >= 0.6 is 0 Å². The zero-order chi connectivity index (χ0) is 15.8. The Morgan fingerprint density at radius 1 is 1.22 bits per heavy atom. The number of carbonyl (C=O) groups is 1. The Balaban J connectivity index is 1.60. The first-order chi connectivity index (χ1) is 11.2. The van der Waals surface area contributed by atoms with E-state index in [-0.39, 0.29) is 11.9 Å². The summed E-state index contributed by atoms with van der Waals surface area (Å²) in [4.78, 5) is 16.8. The number of nitrogens with zero attached hydrogens (tertiary/aromatic N) is 1. The van der Waals surface area contributed by atoms with Crippen molar-refractivity contribution in [3.8, 4) is 5.75 Å². The third-order valence-electron chi connectivity index (χ3n) is 4.12. The molecule has 1 atom stereocenters. The van der Waals surface area contributed by atoms with Gasteiger partial charge in [-0.15, -0.1) is 0 Å². The van der Waals surface area contributed by atoms with E-state index >= 15 is 0 Å². The Kier molecular flexibility index (Phi) is 3.23. The van der Waals surface area contributed by atoms with Crippen molar-refractivity contribution in [1.29, 1.82) is 0 Å². The molecule has 4 nitrogen and oxygen atoms in total. The largest absolute Gasteiger partial charge is 0.491 e. The van der Waals surface area contributed by atoms with E-state index in [0.717, 1.165) is 27.8 Å². The second-order valence-electron chi connectivity index (χ2n) is 5.79. The number of pyridine rings is 1. The second kappa shape index (κ2) is 5.39. The third kappa shape index (κ3) is 2.52. The minimum atomic E-state index is -0.109. The highest BCUT2D eigenvalue weighted by Crippen LogP contribution is 2.33. The van der Waals surface area contributed by atoms with E-state index in [2.05, 4.69) is 16.4 Å². The third-order valence-corrected chi connectivity index (χ3v) is 4.12. The molecule has 1 N–H and O–H groups in total. The molecule has 4 rings (SSSR count). The lowest BCUT2D eigenvalue weighted by Gasteiger charge is -2.12. The zero-order valence-electron chi connectivity index (χ0n) is 12.7. The smallest absolute Gasteiger partial charge is 0.251 e. The van der Waals surface area contributed by atoms with Crippen LogP contribution in [0, 0.1) is 6.92 Å². The summed E-state index contributed by atoms with van der Waals surface area (Å²) in [6, 6.07) is 15.3. The number of nitrogens with one attached hydrogen (secondary N) is 1. The molecule has 114 valence electrons. The molecule has 0 fully saturated rings. The summed E-state index contributed by atoms with van der Waals surface area (Å²) >= 11 is 0. The zero-order valence-corrected chi connectivity index (χ0v) is 12.7. The van der Waals surface area contributed by atoms with Crippen LogP contribution in [-0.4, -0.2) is 17.5 Å². The van der Waals surface area contributed by atoms with Gasteiger partial charge in [0.15, 0.2) is 0 Å². The molecular weight excluding hydrogens is 288 g/mol. The van der Waals surface area contributed by atoms with Gasteiger partial charge in [-0.1, -0.05) is 23.8 Å². The summed E-state index contributed by atoms with van der Waals surface area (Å²) in [7, 11) is 0. The van der Waals surface area contributed by atoms with Gasteiger partial charge in [-0.25, -0.2) is 0 Å². The summed E-state index contributed by atoms with van der Waals surface area (Å²) in [5, 5.41) is 4.02. The molecule has 4 heteroatoms. The van der Waals surface area contributed by atoms with Gasteiger partial charge in [-0.3, -0.25) is 9.78 Å². The highest BCUT2D eigenvalue weighted by Gasteiger charge is 2.26. The number of amides is 1. The predicted molar refractivity (Wildman–Crippen MR) is 88.6 cm³/mol. The summed E-state index contributed by atoms with van der Waals surface area (Å²) in [5.74, 6) is 0.752. The summed E-state index contributed by atoms with van der Waals surface area (Å²) in [5.41, 5.74) is 3.71. The Hall–Kier alpha value is -2.88. The number of rotatable bonds is 2. The summed E-state index contributed by atoms with van der Waals surface area (Å²) < 4.78 is 5.65. The van der Waals surface area contributed by atoms with Gasteiger partial charge in [-0.05, 0) is 37.3 Å². The van der Waals surface area contributed by atoms with Gasteiger partial charge < -0.3 is 10.1 Å². The van der Waals surface area contributed by atoms with Crippen LogP contribution in [0.1, 0.15) is 27.5 Å². The number of aryl methyl sites for hydroxylation is 1. The van der Waals surface area contributed by atoms with Crippen LogP contribution in [0.4, 0.5) is 0 Å². The molecule has 3 aromatic rings. The molecule has 1 aromatic heterocycles. The molecule has 0 radical (unpaired) electrons. The van der Waals surface area contributed by atoms with Crippen molar-refractivity contribution in [2.45, 2.75) is 13.0 Å². The first-order valence-corrected chi connectivity index (χ1v) is 7.60. The highest BCUT2D eigenvalue weighted by atomic mass is 16.5. The molecule has 0 saturated heterocycles. The number of aromatic nitrogens is 1. The number of hydrogen-bond acceptors (Lipinski definition) is 3. The molecule has 0 aliphatic carbocycles. The van der Waals surface area contributed by atoms with Crippen molar-refractivity contribution in [2.75, 3.05) is 6.61 Å². The van der Waals surface area contributed by atoms with Crippen molar-refractivity contribution in [2.24, 2.45) is 0 Å². The van der Waals surface area contributed by atoms with Crippen molar-refractivity contribution in [3.63, 3.8) is 0 Å². The average Bonchev–Trinajstić information content (AvgIpc) is 2.96. The van der Waals surface area contributed by atoms with E-state index in [0.29, 0.717) is 12.2 Å². The SMILES string of the molecule is Cc1ccc2c(c1)C(NC(=O)c1ccc3ncccc3c1)CO2. The van der Waals surface area contributed by atoms with Gasteiger partial charge >= 0.3 is 0 Å². The van der Waals surface area contributed by atoms with Crippen LogP contribution in [-0.2, 0) is 0 Å². The Bertz CT molecular complexity index is 905. The molecular formula is C19H16N2O2. The van der Waals surface area contributed by atoms with Crippen LogP contribution < -0.4 is 10.1 Å². The van der Waals surface area contributed by atoms with Gasteiger partial charge in [0.25, 0.3) is 5.91 Å². The number of hydrogen-bond donors (Lipinski definition) is 1. The molecule has 2 aromatic carbocycles. The van der Waals surface area contributed by atoms with Crippen molar-refractivity contribution >= 4 is 16.8 Å². The minimum Gasteiger partial charge on any atom is -0.491 e. The maximum Gasteiger partial charge on any atom is 0.251 e. The first-order valence-electron chi connectivity index (χ1n) is 7.60. The second-order valence-corrected chi connectivity index (χ2v) is 5.79. The molecule has 1 aliphatic heterocycles. The van der Waals surface area contributed by atoms with E-state index in [4.69, 9.17) is 4.74 Å². The number of carbonyl (C=O) groups excluding carboxylic acids is 1. The number of benzene rings is 2. The molecule has 0 spiro atoms. The lowest BCUT2D eigenvalue weighted by Crippen LogP contribution is -2.29. The normalized spacial score (nSPS) is 16.0. The lowest BCUT2D eigenvalue weighted by molar-refractivity contribution is 0.0930. The average molecular weight is 304 g/mol. The Morgan fingerprint density at radius 2 is 2.13 bits per heavy atom. The molecule has 0 bridgehead atoms. The molecule has 1 aliphatic rings. The molecule has 23 heavy (non-hydrogen) atoms. The maximum absolute atomic E-state index is 12.6. The van der Waals surface area contributed by atoms with Gasteiger partial charge in [0.2, 0.25) is 0 Å². The van der Waals surface area contributed by atoms with Crippen LogP contribution in [0.2, 0.25) is 0 Å². The van der Waals surface area contributed by atoms with Crippen LogP contribution in [0.3, 0.4) is 0 Å². The molecule has 0 saturated carbocycles. The standard InChI is InChI=1S/C19H16N2O2/c1-12-4-7-18-15(9-12)17(11-23-18)21-19(22)14-5-6-16-13(10-14)3-2-8-20-16/h2-10,17H,11H2,1H3,(H,21,22). The molecule has 1 amide bonds. The van der Waals surface area contributed by atoms with Gasteiger partial charge in [0, 0.05) is 22.7 Å². The number of ether oxygens (including phenoxy) is 1. The van der Waals surface area contributed by atoms with E-state index in [1.165, 1.54) is 0 Å². The number of fused-ring (bicyclic) bond motifs is 2. The predicted octanol–water partition coefficient (Wildman–Crippen LogP) is 3.41. The molecule has 1 unspecified atom stereocenters. The van der Waals surface area contributed by atoms with Crippen LogP contribution in [0.5, 0.6) is 5.75 Å². The Morgan fingerprint density at radius 3 is 3.04 bits per heavy atom. The van der Waals surface area contributed by atoms with Crippen molar-refractivity contribution < 1.29 is 9.53 Å². The van der Waals surface area contributed by atoms with Gasteiger partial charge in [0.05, 0.1) is 11.6 Å². The van der Waals surface area contributed by atoms with E-state index < -0.39 is 0 Å². The fourth-order valence-corrected chi connectivity index (χ4v) is 2.91. The quantitative estimate of drug-likeness (QED) is 0.789. The fourth-order valence-electron chi connectivity index (χ4n) is 2.91. The van der Waals surface area contributed by atoms with E-state index in [9.17, 15) is 4.79 Å². The summed E-state index contributed by atoms with van der Waals surface area (Å²) in [6.45, 7) is 2.51. The minimum absolute atomic E-state index is 0.0984. The Labute approximate surface area is 134 Å². The van der Waals surface area contributed by atoms with E-state index in [1.54, 1.807) is 12.3 Å². The van der Waals surface area contributed by atoms with Crippen molar-refractivity contribution in [3.05, 3.63) is 71.4 Å². The monoisotopic (exact) mass is 304 g/mol. The van der Waals surface area contributed by atoms with E-state index in [1.807, 2.05) is 43.3 Å². The summed E-state index contributed by atoms with van der Waals surface area (Å²) in [6.07, 6.45) is 1.75.